The van der Waals surface area contributed by atoms with E-state index in [1.54, 1.807) is 0 Å². The van der Waals surface area contributed by atoms with E-state index in [0.29, 0.717) is 11.6 Å². The van der Waals surface area contributed by atoms with E-state index in [-0.39, 0.29) is 23.5 Å². The lowest BCUT2D eigenvalue weighted by atomic mass is 9.88. The number of nitrogens with one attached hydrogen (secondary N) is 2. The molecule has 1 atom stereocenters. The number of Topliss-reactive ketones (excluding diaryl/α,β-unsaturated/α-hetero) is 1. The van der Waals surface area contributed by atoms with Gasteiger partial charge in [0.15, 0.2) is 0 Å². The first-order valence-electron chi connectivity index (χ1n) is 9.61. The number of aromatic nitrogens is 2. The van der Waals surface area contributed by atoms with Gasteiger partial charge < -0.3 is 15.1 Å². The van der Waals surface area contributed by atoms with Gasteiger partial charge in [-0.25, -0.2) is 0 Å². The standard InChI is InChI=1S/C18H30N4O3S/c1-3-4-10-14(20-16(24)13-8-6-5-7-9-13)15(23)17-21-22-18(25-17)26-12-11-19-2/h13-14,19H,3-12H2,1-2H3,(H,20,24)/t14-/m0/s1. The highest BCUT2D eigenvalue weighted by Crippen LogP contribution is 2.24. The maximum atomic E-state index is 12.8. The number of thioether (sulfide) groups is 1. The molecule has 1 aliphatic carbocycles. The summed E-state index contributed by atoms with van der Waals surface area (Å²) < 4.78 is 5.49. The number of carbonyl (C=O) groups is 2. The van der Waals surface area contributed by atoms with E-state index < -0.39 is 6.04 Å². The summed E-state index contributed by atoms with van der Waals surface area (Å²) in [6, 6.07) is -0.583. The van der Waals surface area contributed by atoms with Crippen LogP contribution in [0.2, 0.25) is 0 Å². The molecule has 1 amide bonds. The Morgan fingerprint density at radius 1 is 1.27 bits per heavy atom. The first-order valence-corrected chi connectivity index (χ1v) is 10.6. The summed E-state index contributed by atoms with van der Waals surface area (Å²) in [5, 5.41) is 14.2. The molecule has 7 nitrogen and oxygen atoms in total. The molecule has 146 valence electrons. The van der Waals surface area contributed by atoms with Crippen LogP contribution in [0.3, 0.4) is 0 Å². The molecule has 2 rings (SSSR count). The van der Waals surface area contributed by atoms with E-state index in [4.69, 9.17) is 4.42 Å². The largest absolute Gasteiger partial charge is 0.408 e. The SMILES string of the molecule is CCCC[C@H](NC(=O)C1CCCCC1)C(=O)c1nnc(SCCNC)o1. The zero-order valence-corrected chi connectivity index (χ0v) is 16.6. The first kappa shape index (κ1) is 20.9. The average molecular weight is 383 g/mol. The molecule has 1 saturated carbocycles. The number of hydrogen-bond acceptors (Lipinski definition) is 7. The summed E-state index contributed by atoms with van der Waals surface area (Å²) in [7, 11) is 1.87. The van der Waals surface area contributed by atoms with E-state index in [0.717, 1.165) is 50.8 Å². The Morgan fingerprint density at radius 3 is 2.73 bits per heavy atom. The van der Waals surface area contributed by atoms with Crippen molar-refractivity contribution in [3.63, 3.8) is 0 Å². The summed E-state index contributed by atoms with van der Waals surface area (Å²) in [5.41, 5.74) is 0. The van der Waals surface area contributed by atoms with E-state index in [1.807, 2.05) is 7.05 Å². The van der Waals surface area contributed by atoms with Crippen molar-refractivity contribution in [2.45, 2.75) is 69.6 Å². The molecule has 1 fully saturated rings. The number of hydrogen-bond donors (Lipinski definition) is 2. The van der Waals surface area contributed by atoms with Crippen LogP contribution in [0.1, 0.15) is 69.0 Å². The topological polar surface area (TPSA) is 97.1 Å². The number of amides is 1. The molecule has 8 heteroatoms. The second-order valence-corrected chi connectivity index (χ2v) is 7.77. The van der Waals surface area contributed by atoms with Crippen LogP contribution in [0, 0.1) is 5.92 Å². The molecule has 1 heterocycles. The molecule has 0 unspecified atom stereocenters. The van der Waals surface area contributed by atoms with Crippen molar-refractivity contribution in [2.24, 2.45) is 5.92 Å². The third kappa shape index (κ3) is 6.39. The molecule has 1 aromatic heterocycles. The lowest BCUT2D eigenvalue weighted by Crippen LogP contribution is -2.44. The minimum Gasteiger partial charge on any atom is -0.408 e. The minimum atomic E-state index is -0.583. The second kappa shape index (κ2) is 11.3. The average Bonchev–Trinajstić information content (AvgIpc) is 3.14. The molecule has 0 aliphatic heterocycles. The van der Waals surface area contributed by atoms with E-state index in [2.05, 4.69) is 27.8 Å². The van der Waals surface area contributed by atoms with Crippen molar-refractivity contribution in [3.05, 3.63) is 5.89 Å². The molecule has 2 N–H and O–H groups in total. The van der Waals surface area contributed by atoms with Gasteiger partial charge in [-0.2, -0.15) is 0 Å². The molecule has 26 heavy (non-hydrogen) atoms. The van der Waals surface area contributed by atoms with Gasteiger partial charge in [-0.3, -0.25) is 9.59 Å². The third-order valence-electron chi connectivity index (χ3n) is 4.65. The van der Waals surface area contributed by atoms with Crippen LogP contribution >= 0.6 is 11.8 Å². The van der Waals surface area contributed by atoms with Gasteiger partial charge in [0, 0.05) is 18.2 Å². The molecule has 1 aromatic rings. The monoisotopic (exact) mass is 382 g/mol. The van der Waals surface area contributed by atoms with Crippen LogP contribution in [0.25, 0.3) is 0 Å². The summed E-state index contributed by atoms with van der Waals surface area (Å²) in [6.07, 6.45) is 7.60. The van der Waals surface area contributed by atoms with Crippen LogP contribution < -0.4 is 10.6 Å². The number of unbranched alkanes of at least 4 members (excludes halogenated alkanes) is 1. The van der Waals surface area contributed by atoms with Crippen molar-refractivity contribution >= 4 is 23.5 Å². The molecule has 0 saturated heterocycles. The smallest absolute Gasteiger partial charge is 0.286 e. The highest BCUT2D eigenvalue weighted by atomic mass is 32.2. The van der Waals surface area contributed by atoms with Crippen molar-refractivity contribution in [1.29, 1.82) is 0 Å². The van der Waals surface area contributed by atoms with E-state index in [9.17, 15) is 9.59 Å². The van der Waals surface area contributed by atoms with Crippen LogP contribution in [0.5, 0.6) is 0 Å². The van der Waals surface area contributed by atoms with Gasteiger partial charge in [0.25, 0.3) is 11.1 Å². The summed E-state index contributed by atoms with van der Waals surface area (Å²) >= 11 is 1.41. The Kier molecular flexibility index (Phi) is 9.11. The van der Waals surface area contributed by atoms with Gasteiger partial charge in [0.05, 0.1) is 6.04 Å². The fraction of sp³-hybridized carbons (Fsp3) is 0.778. The first-order chi connectivity index (χ1) is 12.7. The van der Waals surface area contributed by atoms with Crippen molar-refractivity contribution in [3.8, 4) is 0 Å². The van der Waals surface area contributed by atoms with Crippen LogP contribution in [0.4, 0.5) is 0 Å². The summed E-state index contributed by atoms with van der Waals surface area (Å²) in [5.74, 6) is 0.500. The third-order valence-corrected chi connectivity index (χ3v) is 5.47. The molecule has 0 radical (unpaired) electrons. The van der Waals surface area contributed by atoms with Crippen LogP contribution in [-0.2, 0) is 4.79 Å². The van der Waals surface area contributed by atoms with Gasteiger partial charge in [0.1, 0.15) is 0 Å². The molecule has 1 aliphatic rings. The number of rotatable bonds is 11. The summed E-state index contributed by atoms with van der Waals surface area (Å²) in [6.45, 7) is 2.88. The Morgan fingerprint density at radius 2 is 2.04 bits per heavy atom. The highest BCUT2D eigenvalue weighted by molar-refractivity contribution is 7.99. The fourth-order valence-corrected chi connectivity index (χ4v) is 3.81. The number of ketones is 1. The Balaban J connectivity index is 1.97. The predicted molar refractivity (Wildman–Crippen MR) is 101 cm³/mol. The van der Waals surface area contributed by atoms with Gasteiger partial charge in [-0.05, 0) is 26.3 Å². The predicted octanol–water partition coefficient (Wildman–Crippen LogP) is 2.82. The fourth-order valence-electron chi connectivity index (χ4n) is 3.09. The molecule has 0 bridgehead atoms. The Bertz CT molecular complexity index is 573. The van der Waals surface area contributed by atoms with Crippen molar-refractivity contribution in [1.82, 2.24) is 20.8 Å². The highest BCUT2D eigenvalue weighted by Gasteiger charge is 2.29. The summed E-state index contributed by atoms with van der Waals surface area (Å²) in [4.78, 5) is 25.3. The lowest BCUT2D eigenvalue weighted by molar-refractivity contribution is -0.126. The molecular formula is C18H30N4O3S. The zero-order valence-electron chi connectivity index (χ0n) is 15.8. The quantitative estimate of drug-likeness (QED) is 0.345. The molecule has 0 spiro atoms. The maximum absolute atomic E-state index is 12.8. The minimum absolute atomic E-state index is 0.0118. The molecular weight excluding hydrogens is 352 g/mol. The lowest BCUT2D eigenvalue weighted by Gasteiger charge is -2.23. The second-order valence-electron chi connectivity index (χ2n) is 6.73. The number of carbonyl (C=O) groups excluding carboxylic acids is 2. The van der Waals surface area contributed by atoms with Gasteiger partial charge in [0.2, 0.25) is 11.7 Å². The normalized spacial score (nSPS) is 16.4. The van der Waals surface area contributed by atoms with Crippen LogP contribution in [0.15, 0.2) is 9.64 Å². The molecule has 0 aromatic carbocycles. The van der Waals surface area contributed by atoms with Crippen LogP contribution in [-0.4, -0.2) is 47.3 Å². The zero-order chi connectivity index (χ0) is 18.8. The Hall–Kier alpha value is -1.41. The Labute approximate surface area is 159 Å². The van der Waals surface area contributed by atoms with Gasteiger partial charge in [-0.15, -0.1) is 10.2 Å². The van der Waals surface area contributed by atoms with Crippen molar-refractivity contribution < 1.29 is 14.0 Å². The van der Waals surface area contributed by atoms with Gasteiger partial charge >= 0.3 is 0 Å². The van der Waals surface area contributed by atoms with E-state index in [1.165, 1.54) is 18.2 Å². The van der Waals surface area contributed by atoms with Gasteiger partial charge in [-0.1, -0.05) is 50.8 Å². The number of nitrogens with zero attached hydrogens (tertiary/aromatic N) is 2. The van der Waals surface area contributed by atoms with E-state index >= 15 is 0 Å². The van der Waals surface area contributed by atoms with Crippen molar-refractivity contribution in [2.75, 3.05) is 19.3 Å². The maximum Gasteiger partial charge on any atom is 0.286 e.